The van der Waals surface area contributed by atoms with Crippen molar-refractivity contribution in [3.8, 4) is 0 Å². The summed E-state index contributed by atoms with van der Waals surface area (Å²) in [5, 5.41) is 0. The van der Waals surface area contributed by atoms with Gasteiger partial charge in [-0.05, 0) is 26.2 Å². The van der Waals surface area contributed by atoms with Gasteiger partial charge in [-0.15, -0.1) is 0 Å². The van der Waals surface area contributed by atoms with Crippen molar-refractivity contribution in [2.75, 3.05) is 13.3 Å². The lowest BCUT2D eigenvalue weighted by Crippen LogP contribution is -2.05. The van der Waals surface area contributed by atoms with Gasteiger partial charge in [-0.1, -0.05) is 13.0 Å². The van der Waals surface area contributed by atoms with Gasteiger partial charge in [0.2, 0.25) is 0 Å². The van der Waals surface area contributed by atoms with E-state index in [4.69, 9.17) is 4.74 Å². The number of hydrogen-bond acceptors (Lipinski definition) is 2. The van der Waals surface area contributed by atoms with Crippen LogP contribution in [0.15, 0.2) is 12.2 Å². The molecule has 0 aliphatic rings. The molecule has 0 spiro atoms. The van der Waals surface area contributed by atoms with Crippen molar-refractivity contribution in [3.05, 3.63) is 12.2 Å². The number of alkyl halides is 1. The summed E-state index contributed by atoms with van der Waals surface area (Å²) in [7, 11) is 0. The minimum atomic E-state index is -0.342. The molecule has 0 aromatic carbocycles. The zero-order valence-corrected chi connectivity index (χ0v) is 8.14. The van der Waals surface area contributed by atoms with Crippen molar-refractivity contribution in [2.24, 2.45) is 0 Å². The fourth-order valence-corrected chi connectivity index (χ4v) is 0.838. The lowest BCUT2D eigenvalue weighted by atomic mass is 10.2. The van der Waals surface area contributed by atoms with Gasteiger partial charge in [-0.2, -0.15) is 0 Å². The third kappa shape index (κ3) is 7.50. The molecule has 0 atom stereocenters. The van der Waals surface area contributed by atoms with Crippen LogP contribution in [-0.4, -0.2) is 19.3 Å². The van der Waals surface area contributed by atoms with Crippen LogP contribution in [0.4, 0.5) is 4.39 Å². The summed E-state index contributed by atoms with van der Waals surface area (Å²) >= 11 is 0. The Morgan fingerprint density at radius 1 is 1.31 bits per heavy atom. The first kappa shape index (κ1) is 12.1. The van der Waals surface area contributed by atoms with Crippen LogP contribution in [0.25, 0.3) is 0 Å². The number of hydrogen-bond donors (Lipinski definition) is 0. The topological polar surface area (TPSA) is 26.3 Å². The molecule has 0 radical (unpaired) electrons. The predicted octanol–water partition coefficient (Wildman–Crippen LogP) is 2.64. The molecule has 0 saturated carbocycles. The molecule has 0 bridgehead atoms. The van der Waals surface area contributed by atoms with Gasteiger partial charge in [0.05, 0.1) is 13.3 Å². The molecule has 0 aliphatic carbocycles. The van der Waals surface area contributed by atoms with E-state index < -0.39 is 0 Å². The number of unbranched alkanes of at least 4 members (excludes halogenated alkanes) is 3. The summed E-state index contributed by atoms with van der Waals surface area (Å²) in [5.74, 6) is -0.342. The van der Waals surface area contributed by atoms with Crippen LogP contribution in [0.2, 0.25) is 0 Å². The highest BCUT2D eigenvalue weighted by molar-refractivity contribution is 5.86. The normalized spacial score (nSPS) is 9.69. The number of ether oxygens (including phenoxy) is 1. The van der Waals surface area contributed by atoms with Crippen LogP contribution in [0, 0.1) is 0 Å². The lowest BCUT2D eigenvalue weighted by Gasteiger charge is -2.03. The lowest BCUT2D eigenvalue weighted by molar-refractivity contribution is -0.139. The minimum absolute atomic E-state index is 0.258. The number of esters is 1. The third-order valence-corrected chi connectivity index (χ3v) is 1.61. The van der Waals surface area contributed by atoms with Gasteiger partial charge in [-0.3, -0.25) is 4.39 Å². The number of carbonyl (C=O) groups is 1. The van der Waals surface area contributed by atoms with Crippen molar-refractivity contribution in [3.63, 3.8) is 0 Å². The maximum atomic E-state index is 11.6. The van der Waals surface area contributed by atoms with Crippen LogP contribution in [0.1, 0.15) is 32.6 Å². The number of rotatable bonds is 7. The quantitative estimate of drug-likeness (QED) is 0.349. The molecular formula is C10H17FO2. The Kier molecular flexibility index (Phi) is 7.26. The summed E-state index contributed by atoms with van der Waals surface area (Å²) in [6.45, 7) is 5.23. The van der Waals surface area contributed by atoms with Crippen LogP contribution >= 0.6 is 0 Å². The van der Waals surface area contributed by atoms with Gasteiger partial charge in [0.15, 0.2) is 0 Å². The molecule has 0 aromatic heterocycles. The zero-order valence-electron chi connectivity index (χ0n) is 8.14. The monoisotopic (exact) mass is 188 g/mol. The first-order chi connectivity index (χ1) is 6.18. The summed E-state index contributed by atoms with van der Waals surface area (Å²) in [4.78, 5) is 10.8. The van der Waals surface area contributed by atoms with Gasteiger partial charge < -0.3 is 4.74 Å². The average molecular weight is 188 g/mol. The summed E-state index contributed by atoms with van der Waals surface area (Å²) < 4.78 is 16.5. The molecule has 2 nitrogen and oxygen atoms in total. The second-order valence-corrected chi connectivity index (χ2v) is 3.02. The van der Waals surface area contributed by atoms with Crippen LogP contribution in [0.5, 0.6) is 0 Å². The highest BCUT2D eigenvalue weighted by Gasteiger charge is 2.01. The molecule has 0 saturated heterocycles. The average Bonchev–Trinajstić information content (AvgIpc) is 2.10. The molecule has 76 valence electrons. The van der Waals surface area contributed by atoms with Gasteiger partial charge in [-0.25, -0.2) is 4.79 Å². The molecule has 0 aromatic rings. The fraction of sp³-hybridized carbons (Fsp3) is 0.700. The van der Waals surface area contributed by atoms with Gasteiger partial charge in [0.25, 0.3) is 0 Å². The van der Waals surface area contributed by atoms with E-state index in [-0.39, 0.29) is 12.6 Å². The van der Waals surface area contributed by atoms with E-state index in [1.54, 1.807) is 6.92 Å². The molecule has 0 rings (SSSR count). The Morgan fingerprint density at radius 2 is 1.92 bits per heavy atom. The molecule has 0 aliphatic heterocycles. The van der Waals surface area contributed by atoms with Gasteiger partial charge >= 0.3 is 5.97 Å². The molecule has 3 heteroatoms. The Balaban J connectivity index is 3.16. The SMILES string of the molecule is C=C(C)C(=O)OCCCCCCF. The van der Waals surface area contributed by atoms with E-state index >= 15 is 0 Å². The van der Waals surface area contributed by atoms with E-state index in [0.29, 0.717) is 18.6 Å². The maximum Gasteiger partial charge on any atom is 0.333 e. The number of halogens is 1. The molecule has 13 heavy (non-hydrogen) atoms. The van der Waals surface area contributed by atoms with Crippen LogP contribution in [0.3, 0.4) is 0 Å². The van der Waals surface area contributed by atoms with Crippen molar-refractivity contribution >= 4 is 5.97 Å². The Labute approximate surface area is 78.8 Å². The first-order valence-electron chi connectivity index (χ1n) is 4.57. The molecule has 0 unspecified atom stereocenters. The van der Waals surface area contributed by atoms with E-state index in [2.05, 4.69) is 6.58 Å². The van der Waals surface area contributed by atoms with Crippen molar-refractivity contribution in [2.45, 2.75) is 32.6 Å². The molecule has 0 amide bonds. The Bertz CT molecular complexity index is 166. The predicted molar refractivity (Wildman–Crippen MR) is 50.2 cm³/mol. The number of carbonyl (C=O) groups excluding carboxylic acids is 1. The third-order valence-electron chi connectivity index (χ3n) is 1.61. The second-order valence-electron chi connectivity index (χ2n) is 3.02. The molecule has 0 fully saturated rings. The standard InChI is InChI=1S/C10H17FO2/c1-9(2)10(12)13-8-6-4-3-5-7-11/h1,3-8H2,2H3. The Morgan fingerprint density at radius 3 is 2.46 bits per heavy atom. The van der Waals surface area contributed by atoms with Crippen LogP contribution in [-0.2, 0) is 9.53 Å². The minimum Gasteiger partial charge on any atom is -0.462 e. The largest absolute Gasteiger partial charge is 0.462 e. The van der Waals surface area contributed by atoms with Crippen molar-refractivity contribution in [1.29, 1.82) is 0 Å². The smallest absolute Gasteiger partial charge is 0.333 e. The van der Waals surface area contributed by atoms with Crippen molar-refractivity contribution < 1.29 is 13.9 Å². The van der Waals surface area contributed by atoms with Crippen LogP contribution < -0.4 is 0 Å². The summed E-state index contributed by atoms with van der Waals surface area (Å²) in [6, 6.07) is 0. The zero-order chi connectivity index (χ0) is 10.1. The summed E-state index contributed by atoms with van der Waals surface area (Å²) in [6.07, 6.45) is 3.18. The molecule has 0 heterocycles. The van der Waals surface area contributed by atoms with E-state index in [0.717, 1.165) is 19.3 Å². The van der Waals surface area contributed by atoms with E-state index in [1.165, 1.54) is 0 Å². The molecular weight excluding hydrogens is 171 g/mol. The van der Waals surface area contributed by atoms with E-state index in [1.807, 2.05) is 0 Å². The second kappa shape index (κ2) is 7.77. The van der Waals surface area contributed by atoms with Crippen molar-refractivity contribution in [1.82, 2.24) is 0 Å². The maximum absolute atomic E-state index is 11.6. The molecule has 0 N–H and O–H groups in total. The fourth-order valence-electron chi connectivity index (χ4n) is 0.838. The first-order valence-corrected chi connectivity index (χ1v) is 4.57. The summed E-state index contributed by atoms with van der Waals surface area (Å²) in [5.41, 5.74) is 0.420. The highest BCUT2D eigenvalue weighted by Crippen LogP contribution is 2.01. The van der Waals surface area contributed by atoms with E-state index in [9.17, 15) is 9.18 Å². The highest BCUT2D eigenvalue weighted by atomic mass is 19.1. The van der Waals surface area contributed by atoms with Gasteiger partial charge in [0.1, 0.15) is 0 Å². The van der Waals surface area contributed by atoms with Gasteiger partial charge in [0, 0.05) is 5.57 Å². The Hall–Kier alpha value is -0.860.